The lowest BCUT2D eigenvalue weighted by molar-refractivity contribution is 0.0268. The minimum absolute atomic E-state index is 0.00185. The summed E-state index contributed by atoms with van der Waals surface area (Å²) >= 11 is 0. The summed E-state index contributed by atoms with van der Waals surface area (Å²) in [7, 11) is 0. The van der Waals surface area contributed by atoms with E-state index in [1.807, 2.05) is 13.0 Å². The molecule has 1 fully saturated rings. The number of fused-ring (bicyclic) bond motifs is 1. The molecule has 1 aromatic carbocycles. The monoisotopic (exact) mass is 249 g/mol. The zero-order chi connectivity index (χ0) is 12.5. The molecule has 0 amide bonds. The molecule has 3 rings (SSSR count). The van der Waals surface area contributed by atoms with E-state index in [0.717, 1.165) is 12.1 Å². The van der Waals surface area contributed by atoms with Crippen molar-refractivity contribution in [2.75, 3.05) is 26.5 Å². The maximum absolute atomic E-state index is 12.4. The molecule has 18 heavy (non-hydrogen) atoms. The summed E-state index contributed by atoms with van der Waals surface area (Å²) in [5, 5.41) is 3.16. The first-order valence-electron chi connectivity index (χ1n) is 6.02. The van der Waals surface area contributed by atoms with Crippen molar-refractivity contribution < 1.29 is 19.0 Å². The van der Waals surface area contributed by atoms with Gasteiger partial charge in [0, 0.05) is 18.7 Å². The normalized spacial score (nSPS) is 21.9. The fraction of sp³-hybridized carbons (Fsp3) is 0.462. The fourth-order valence-corrected chi connectivity index (χ4v) is 2.22. The molecule has 1 unspecified atom stereocenters. The van der Waals surface area contributed by atoms with Crippen molar-refractivity contribution in [1.82, 2.24) is 5.32 Å². The zero-order valence-corrected chi connectivity index (χ0v) is 10.2. The van der Waals surface area contributed by atoms with Crippen molar-refractivity contribution in [1.29, 1.82) is 0 Å². The summed E-state index contributed by atoms with van der Waals surface area (Å²) in [5.41, 5.74) is 1.53. The standard InChI is InChI=1S/C13H15NO4/c1-8-4-10-11(18-7-17-10)5-9(8)13(15)12-6-14-2-3-16-12/h4-5,12,14H,2-3,6-7H2,1H3. The van der Waals surface area contributed by atoms with Crippen LogP contribution in [0.2, 0.25) is 0 Å². The maximum atomic E-state index is 12.4. The molecule has 1 atom stereocenters. The Morgan fingerprint density at radius 1 is 1.33 bits per heavy atom. The van der Waals surface area contributed by atoms with Crippen LogP contribution in [-0.4, -0.2) is 38.4 Å². The SMILES string of the molecule is Cc1cc2c(cc1C(=O)C1CNCCO1)OCO2. The van der Waals surface area contributed by atoms with Gasteiger partial charge >= 0.3 is 0 Å². The van der Waals surface area contributed by atoms with Gasteiger partial charge in [0.25, 0.3) is 0 Å². The van der Waals surface area contributed by atoms with E-state index in [2.05, 4.69) is 5.32 Å². The number of ether oxygens (including phenoxy) is 3. The van der Waals surface area contributed by atoms with Crippen molar-refractivity contribution >= 4 is 5.78 Å². The van der Waals surface area contributed by atoms with E-state index in [0.29, 0.717) is 30.2 Å². The average molecular weight is 249 g/mol. The summed E-state index contributed by atoms with van der Waals surface area (Å²) < 4.78 is 16.1. The Hall–Kier alpha value is -1.59. The average Bonchev–Trinajstić information content (AvgIpc) is 2.85. The van der Waals surface area contributed by atoms with Gasteiger partial charge in [0.15, 0.2) is 17.3 Å². The van der Waals surface area contributed by atoms with Gasteiger partial charge < -0.3 is 19.5 Å². The molecule has 5 heteroatoms. The predicted octanol–water partition coefficient (Wildman–Crippen LogP) is 0.895. The summed E-state index contributed by atoms with van der Waals surface area (Å²) in [4.78, 5) is 12.4. The number of benzene rings is 1. The number of hydrogen-bond donors (Lipinski definition) is 1. The molecular weight excluding hydrogens is 234 g/mol. The highest BCUT2D eigenvalue weighted by Crippen LogP contribution is 2.35. The van der Waals surface area contributed by atoms with Crippen LogP contribution in [0.3, 0.4) is 0 Å². The number of Topliss-reactive ketones (excluding diaryl/α,β-unsaturated/α-hetero) is 1. The Kier molecular flexibility index (Phi) is 2.93. The van der Waals surface area contributed by atoms with E-state index in [9.17, 15) is 4.79 Å². The van der Waals surface area contributed by atoms with Gasteiger partial charge in [0.05, 0.1) is 6.61 Å². The number of carbonyl (C=O) groups excluding carboxylic acids is 1. The van der Waals surface area contributed by atoms with E-state index < -0.39 is 6.10 Å². The Morgan fingerprint density at radius 3 is 2.83 bits per heavy atom. The Bertz CT molecular complexity index is 480. The number of carbonyl (C=O) groups is 1. The molecule has 1 N–H and O–H groups in total. The van der Waals surface area contributed by atoms with Gasteiger partial charge in [0.1, 0.15) is 6.10 Å². The maximum Gasteiger partial charge on any atom is 0.231 e. The quantitative estimate of drug-likeness (QED) is 0.789. The van der Waals surface area contributed by atoms with Crippen LogP contribution < -0.4 is 14.8 Å². The van der Waals surface area contributed by atoms with Crippen LogP contribution >= 0.6 is 0 Å². The first kappa shape index (κ1) is 11.5. The van der Waals surface area contributed by atoms with E-state index >= 15 is 0 Å². The van der Waals surface area contributed by atoms with Crippen LogP contribution in [-0.2, 0) is 4.74 Å². The lowest BCUT2D eigenvalue weighted by Crippen LogP contribution is -2.43. The lowest BCUT2D eigenvalue weighted by atomic mass is 9.99. The number of rotatable bonds is 2. The number of ketones is 1. The third kappa shape index (κ3) is 1.95. The molecule has 0 saturated carbocycles. The largest absolute Gasteiger partial charge is 0.454 e. The summed E-state index contributed by atoms with van der Waals surface area (Å²) in [6.07, 6.45) is -0.405. The first-order valence-corrected chi connectivity index (χ1v) is 6.02. The van der Waals surface area contributed by atoms with E-state index in [1.165, 1.54) is 0 Å². The van der Waals surface area contributed by atoms with E-state index in [1.54, 1.807) is 6.07 Å². The Morgan fingerprint density at radius 2 is 2.11 bits per heavy atom. The molecule has 0 aromatic heterocycles. The van der Waals surface area contributed by atoms with Crippen LogP contribution in [0.4, 0.5) is 0 Å². The van der Waals surface area contributed by atoms with Gasteiger partial charge in [-0.1, -0.05) is 0 Å². The zero-order valence-electron chi connectivity index (χ0n) is 10.2. The number of aryl methyl sites for hydroxylation is 1. The van der Waals surface area contributed by atoms with Crippen molar-refractivity contribution in [2.45, 2.75) is 13.0 Å². The highest BCUT2D eigenvalue weighted by Gasteiger charge is 2.26. The van der Waals surface area contributed by atoms with Crippen LogP contribution in [0.15, 0.2) is 12.1 Å². The fourth-order valence-electron chi connectivity index (χ4n) is 2.22. The number of morpholine rings is 1. The van der Waals surface area contributed by atoms with Gasteiger partial charge in [-0.05, 0) is 24.6 Å². The molecule has 0 aliphatic carbocycles. The van der Waals surface area contributed by atoms with Gasteiger partial charge in [-0.15, -0.1) is 0 Å². The Labute approximate surface area is 105 Å². The summed E-state index contributed by atoms with van der Waals surface area (Å²) in [6, 6.07) is 3.59. The summed E-state index contributed by atoms with van der Waals surface area (Å²) in [6.45, 7) is 4.04. The third-order valence-corrected chi connectivity index (χ3v) is 3.21. The van der Waals surface area contributed by atoms with Crippen LogP contribution in [0.1, 0.15) is 15.9 Å². The van der Waals surface area contributed by atoms with Crippen molar-refractivity contribution in [3.63, 3.8) is 0 Å². The highest BCUT2D eigenvalue weighted by molar-refractivity contribution is 6.01. The Balaban J connectivity index is 1.89. The second kappa shape index (κ2) is 4.59. The molecule has 2 heterocycles. The minimum Gasteiger partial charge on any atom is -0.454 e. The first-order chi connectivity index (χ1) is 8.75. The lowest BCUT2D eigenvalue weighted by Gasteiger charge is -2.23. The molecule has 0 bridgehead atoms. The number of nitrogens with one attached hydrogen (secondary N) is 1. The molecule has 1 aromatic rings. The van der Waals surface area contributed by atoms with Crippen LogP contribution in [0.25, 0.3) is 0 Å². The van der Waals surface area contributed by atoms with Crippen molar-refractivity contribution in [3.8, 4) is 11.5 Å². The number of hydrogen-bond acceptors (Lipinski definition) is 5. The second-order valence-corrected chi connectivity index (χ2v) is 4.45. The van der Waals surface area contributed by atoms with Crippen LogP contribution in [0, 0.1) is 6.92 Å². The third-order valence-electron chi connectivity index (χ3n) is 3.21. The molecule has 2 aliphatic rings. The smallest absolute Gasteiger partial charge is 0.231 e. The molecule has 2 aliphatic heterocycles. The minimum atomic E-state index is -0.405. The van der Waals surface area contributed by atoms with Gasteiger partial charge in [-0.2, -0.15) is 0 Å². The molecule has 96 valence electrons. The second-order valence-electron chi connectivity index (χ2n) is 4.45. The van der Waals surface area contributed by atoms with Crippen LogP contribution in [0.5, 0.6) is 11.5 Å². The van der Waals surface area contributed by atoms with Crippen molar-refractivity contribution in [2.24, 2.45) is 0 Å². The molecular formula is C13H15NO4. The van der Waals surface area contributed by atoms with Gasteiger partial charge in [-0.25, -0.2) is 0 Å². The van der Waals surface area contributed by atoms with Gasteiger partial charge in [0.2, 0.25) is 6.79 Å². The van der Waals surface area contributed by atoms with Gasteiger partial charge in [-0.3, -0.25) is 4.79 Å². The summed E-state index contributed by atoms with van der Waals surface area (Å²) in [5.74, 6) is 1.33. The van der Waals surface area contributed by atoms with Crippen molar-refractivity contribution in [3.05, 3.63) is 23.3 Å². The van der Waals surface area contributed by atoms with E-state index in [4.69, 9.17) is 14.2 Å². The molecule has 1 saturated heterocycles. The molecule has 0 spiro atoms. The topological polar surface area (TPSA) is 56.8 Å². The molecule has 0 radical (unpaired) electrons. The molecule has 5 nitrogen and oxygen atoms in total. The predicted molar refractivity (Wildman–Crippen MR) is 64.2 cm³/mol. The van der Waals surface area contributed by atoms with E-state index in [-0.39, 0.29) is 12.6 Å². The highest BCUT2D eigenvalue weighted by atomic mass is 16.7.